The first kappa shape index (κ1) is 14.5. The molecule has 1 rings (SSSR count). The van der Waals surface area contributed by atoms with Crippen LogP contribution in [-0.2, 0) is 4.74 Å². The minimum atomic E-state index is -0.292. The lowest BCUT2D eigenvalue weighted by atomic mass is 9.91. The molecule has 2 nitrogen and oxygen atoms in total. The zero-order valence-electron chi connectivity index (χ0n) is 11.1. The largest absolute Gasteiger partial charge is 0.377 e. The Morgan fingerprint density at radius 3 is 2.53 bits per heavy atom. The highest BCUT2D eigenvalue weighted by molar-refractivity contribution is 6.31. The maximum Gasteiger partial charge on any atom is 0.0817 e. The molecule has 0 heterocycles. The summed E-state index contributed by atoms with van der Waals surface area (Å²) in [4.78, 5) is 0. The van der Waals surface area contributed by atoms with Crippen molar-refractivity contribution in [1.82, 2.24) is 5.32 Å². The summed E-state index contributed by atoms with van der Waals surface area (Å²) in [6.45, 7) is 7.24. The fraction of sp³-hybridized carbons (Fsp3) is 0.571. The minimum absolute atomic E-state index is 0.0983. The lowest BCUT2D eigenvalue weighted by Crippen LogP contribution is -2.41. The highest BCUT2D eigenvalue weighted by Crippen LogP contribution is 2.32. The summed E-state index contributed by atoms with van der Waals surface area (Å²) < 4.78 is 5.59. The summed E-state index contributed by atoms with van der Waals surface area (Å²) in [5, 5.41) is 4.29. The van der Waals surface area contributed by atoms with Crippen LogP contribution in [0.5, 0.6) is 0 Å². The van der Waals surface area contributed by atoms with E-state index in [9.17, 15) is 0 Å². The molecule has 96 valence electrons. The second-order valence-corrected chi connectivity index (χ2v) is 5.12. The van der Waals surface area contributed by atoms with Gasteiger partial charge >= 0.3 is 0 Å². The van der Waals surface area contributed by atoms with Crippen molar-refractivity contribution in [3.8, 4) is 0 Å². The molecule has 17 heavy (non-hydrogen) atoms. The monoisotopic (exact) mass is 255 g/mol. The quantitative estimate of drug-likeness (QED) is 0.835. The van der Waals surface area contributed by atoms with Crippen molar-refractivity contribution < 1.29 is 4.74 Å². The summed E-state index contributed by atoms with van der Waals surface area (Å²) in [6, 6.07) is 8.02. The molecule has 0 aliphatic heterocycles. The van der Waals surface area contributed by atoms with Gasteiger partial charge in [-0.15, -0.1) is 0 Å². The van der Waals surface area contributed by atoms with E-state index in [-0.39, 0.29) is 11.6 Å². The second kappa shape index (κ2) is 6.39. The molecule has 0 spiro atoms. The first-order chi connectivity index (χ1) is 8.03. The van der Waals surface area contributed by atoms with Gasteiger partial charge in [-0.2, -0.15) is 0 Å². The van der Waals surface area contributed by atoms with Crippen LogP contribution in [-0.4, -0.2) is 19.3 Å². The number of halogens is 1. The maximum absolute atomic E-state index is 6.27. The van der Waals surface area contributed by atoms with E-state index in [4.69, 9.17) is 16.3 Å². The van der Waals surface area contributed by atoms with Crippen molar-refractivity contribution in [3.05, 3.63) is 34.9 Å². The Morgan fingerprint density at radius 2 is 2.00 bits per heavy atom. The third-order valence-corrected chi connectivity index (χ3v) is 3.38. The lowest BCUT2D eigenvalue weighted by Gasteiger charge is -2.34. The van der Waals surface area contributed by atoms with Gasteiger partial charge in [-0.05, 0) is 38.4 Å². The van der Waals surface area contributed by atoms with E-state index in [1.54, 1.807) is 7.11 Å². The highest BCUT2D eigenvalue weighted by atomic mass is 35.5. The van der Waals surface area contributed by atoms with Crippen molar-refractivity contribution in [1.29, 1.82) is 0 Å². The molecule has 0 aliphatic carbocycles. The van der Waals surface area contributed by atoms with Crippen molar-refractivity contribution in [2.75, 3.05) is 13.7 Å². The van der Waals surface area contributed by atoms with Gasteiger partial charge in [-0.25, -0.2) is 0 Å². The van der Waals surface area contributed by atoms with E-state index >= 15 is 0 Å². The van der Waals surface area contributed by atoms with Gasteiger partial charge in [0.1, 0.15) is 0 Å². The van der Waals surface area contributed by atoms with Gasteiger partial charge in [0.2, 0.25) is 0 Å². The third-order valence-electron chi connectivity index (χ3n) is 3.04. The normalized spacial score (nSPS) is 13.7. The number of benzene rings is 1. The van der Waals surface area contributed by atoms with Crippen LogP contribution in [0.15, 0.2) is 24.3 Å². The van der Waals surface area contributed by atoms with Crippen LogP contribution in [0.2, 0.25) is 5.02 Å². The molecule has 1 aromatic carbocycles. The molecule has 0 aliphatic rings. The fourth-order valence-electron chi connectivity index (χ4n) is 1.85. The molecule has 0 bridgehead atoms. The lowest BCUT2D eigenvalue weighted by molar-refractivity contribution is -0.0110. The Hall–Kier alpha value is -0.570. The zero-order valence-corrected chi connectivity index (χ0v) is 11.8. The van der Waals surface area contributed by atoms with E-state index < -0.39 is 0 Å². The maximum atomic E-state index is 6.27. The van der Waals surface area contributed by atoms with E-state index in [1.807, 2.05) is 18.2 Å². The Labute approximate surface area is 109 Å². The molecule has 1 N–H and O–H groups in total. The van der Waals surface area contributed by atoms with Crippen molar-refractivity contribution in [3.63, 3.8) is 0 Å². The zero-order chi connectivity index (χ0) is 12.9. The number of rotatable bonds is 6. The summed E-state index contributed by atoms with van der Waals surface area (Å²) in [7, 11) is 1.73. The van der Waals surface area contributed by atoms with Gasteiger partial charge in [0, 0.05) is 12.1 Å². The SMILES string of the molecule is CCCNC(c1ccccc1Cl)C(C)(C)OC. The molecule has 0 saturated carbocycles. The van der Waals surface area contributed by atoms with Gasteiger partial charge in [-0.1, -0.05) is 36.7 Å². The summed E-state index contributed by atoms with van der Waals surface area (Å²) >= 11 is 6.27. The van der Waals surface area contributed by atoms with Crippen LogP contribution >= 0.6 is 11.6 Å². The summed E-state index contributed by atoms with van der Waals surface area (Å²) in [6.07, 6.45) is 1.08. The minimum Gasteiger partial charge on any atom is -0.377 e. The van der Waals surface area contributed by atoms with Crippen LogP contribution < -0.4 is 5.32 Å². The van der Waals surface area contributed by atoms with Crippen molar-refractivity contribution in [2.24, 2.45) is 0 Å². The molecular formula is C14H22ClNO. The molecule has 0 aromatic heterocycles. The van der Waals surface area contributed by atoms with E-state index in [0.29, 0.717) is 0 Å². The molecule has 1 unspecified atom stereocenters. The van der Waals surface area contributed by atoms with Gasteiger partial charge < -0.3 is 10.1 Å². The number of hydrogen-bond donors (Lipinski definition) is 1. The Balaban J connectivity index is 3.02. The number of methoxy groups -OCH3 is 1. The molecule has 0 saturated heterocycles. The first-order valence-corrected chi connectivity index (χ1v) is 6.43. The molecule has 3 heteroatoms. The van der Waals surface area contributed by atoms with Gasteiger partial charge in [0.25, 0.3) is 0 Å². The number of nitrogens with one attached hydrogen (secondary N) is 1. The van der Waals surface area contributed by atoms with Crippen LogP contribution in [0.25, 0.3) is 0 Å². The Morgan fingerprint density at radius 1 is 1.35 bits per heavy atom. The second-order valence-electron chi connectivity index (χ2n) is 4.72. The molecule has 0 fully saturated rings. The van der Waals surface area contributed by atoms with Crippen molar-refractivity contribution in [2.45, 2.75) is 38.8 Å². The van der Waals surface area contributed by atoms with Crippen LogP contribution in [0, 0.1) is 0 Å². The molecule has 1 atom stereocenters. The summed E-state index contributed by atoms with van der Waals surface area (Å²) in [5.74, 6) is 0. The standard InChI is InChI=1S/C14H22ClNO/c1-5-10-16-13(14(2,3)17-4)11-8-6-7-9-12(11)15/h6-9,13,16H,5,10H2,1-4H3. The predicted octanol–water partition coefficient (Wildman–Crippen LogP) is 3.81. The van der Waals surface area contributed by atoms with E-state index in [2.05, 4.69) is 32.2 Å². The number of ether oxygens (including phenoxy) is 1. The van der Waals surface area contributed by atoms with Crippen LogP contribution in [0.1, 0.15) is 38.8 Å². The third kappa shape index (κ3) is 3.70. The smallest absolute Gasteiger partial charge is 0.0817 e. The first-order valence-electron chi connectivity index (χ1n) is 6.06. The Bertz CT molecular complexity index is 352. The number of hydrogen-bond acceptors (Lipinski definition) is 2. The van der Waals surface area contributed by atoms with Gasteiger partial charge in [0.15, 0.2) is 0 Å². The Kier molecular flexibility index (Phi) is 5.44. The summed E-state index contributed by atoms with van der Waals surface area (Å²) in [5.41, 5.74) is 0.801. The predicted molar refractivity (Wildman–Crippen MR) is 73.6 cm³/mol. The van der Waals surface area contributed by atoms with E-state index in [0.717, 1.165) is 23.6 Å². The molecule has 0 amide bonds. The molecular weight excluding hydrogens is 234 g/mol. The molecule has 1 aromatic rings. The average Bonchev–Trinajstić information content (AvgIpc) is 2.31. The van der Waals surface area contributed by atoms with E-state index in [1.165, 1.54) is 0 Å². The van der Waals surface area contributed by atoms with Gasteiger partial charge in [0.05, 0.1) is 11.6 Å². The molecule has 0 radical (unpaired) electrons. The van der Waals surface area contributed by atoms with Crippen molar-refractivity contribution >= 4 is 11.6 Å². The fourth-order valence-corrected chi connectivity index (χ4v) is 2.09. The average molecular weight is 256 g/mol. The highest BCUT2D eigenvalue weighted by Gasteiger charge is 2.31. The van der Waals surface area contributed by atoms with Crippen LogP contribution in [0.3, 0.4) is 0 Å². The topological polar surface area (TPSA) is 21.3 Å². The van der Waals surface area contributed by atoms with Crippen LogP contribution in [0.4, 0.5) is 0 Å². The van der Waals surface area contributed by atoms with Gasteiger partial charge in [-0.3, -0.25) is 0 Å².